The second-order valence-corrected chi connectivity index (χ2v) is 7.15. The lowest BCUT2D eigenvalue weighted by Crippen LogP contribution is -2.26. The highest BCUT2D eigenvalue weighted by Crippen LogP contribution is 2.36. The first-order valence-electron chi connectivity index (χ1n) is 9.81. The van der Waals surface area contributed by atoms with Gasteiger partial charge in [-0.25, -0.2) is 0 Å². The Labute approximate surface area is 168 Å². The fourth-order valence-corrected chi connectivity index (χ4v) is 3.69. The van der Waals surface area contributed by atoms with E-state index in [1.165, 1.54) is 0 Å². The molecule has 150 valence electrons. The second-order valence-electron chi connectivity index (χ2n) is 7.15. The maximum Gasteiger partial charge on any atom is 0.246 e. The van der Waals surface area contributed by atoms with Crippen molar-refractivity contribution in [2.45, 2.75) is 19.4 Å². The molecule has 0 radical (unpaired) electrons. The van der Waals surface area contributed by atoms with Crippen LogP contribution >= 0.6 is 0 Å². The molecule has 2 aromatic carbocycles. The second kappa shape index (κ2) is 7.58. The van der Waals surface area contributed by atoms with E-state index >= 15 is 0 Å². The van der Waals surface area contributed by atoms with Crippen LogP contribution in [0.5, 0.6) is 23.0 Å². The first-order valence-corrected chi connectivity index (χ1v) is 9.81. The minimum Gasteiger partial charge on any atom is -0.490 e. The van der Waals surface area contributed by atoms with Crippen LogP contribution in [0, 0.1) is 0 Å². The lowest BCUT2D eigenvalue weighted by atomic mass is 9.96. The molecule has 0 fully saturated rings. The monoisotopic (exact) mass is 394 g/mol. The zero-order chi connectivity index (χ0) is 19.6. The Morgan fingerprint density at radius 3 is 2.69 bits per heavy atom. The SMILES string of the molecule is O=C(/C=C1\NCCc2cc3c(cc21)OCCCO3)NCc1ccc2c(c1)OCO2. The molecule has 0 spiro atoms. The number of nitrogens with one attached hydrogen (secondary N) is 2. The van der Waals surface area contributed by atoms with Crippen LogP contribution in [-0.2, 0) is 17.8 Å². The molecule has 0 bridgehead atoms. The Hall–Kier alpha value is -3.35. The smallest absolute Gasteiger partial charge is 0.246 e. The van der Waals surface area contributed by atoms with Gasteiger partial charge < -0.3 is 29.6 Å². The van der Waals surface area contributed by atoms with Crippen LogP contribution in [-0.4, -0.2) is 32.5 Å². The lowest BCUT2D eigenvalue weighted by molar-refractivity contribution is -0.116. The summed E-state index contributed by atoms with van der Waals surface area (Å²) in [6.45, 7) is 2.71. The van der Waals surface area contributed by atoms with E-state index in [0.29, 0.717) is 25.5 Å². The highest BCUT2D eigenvalue weighted by Gasteiger charge is 2.20. The van der Waals surface area contributed by atoms with Crippen molar-refractivity contribution in [3.8, 4) is 23.0 Å². The fraction of sp³-hybridized carbons (Fsp3) is 0.318. The summed E-state index contributed by atoms with van der Waals surface area (Å²) >= 11 is 0. The summed E-state index contributed by atoms with van der Waals surface area (Å²) in [5, 5.41) is 6.26. The third-order valence-electron chi connectivity index (χ3n) is 5.15. The van der Waals surface area contributed by atoms with Gasteiger partial charge in [-0.15, -0.1) is 0 Å². The van der Waals surface area contributed by atoms with Crippen LogP contribution in [0.4, 0.5) is 0 Å². The maximum absolute atomic E-state index is 12.5. The molecule has 2 aromatic rings. The van der Waals surface area contributed by atoms with E-state index in [0.717, 1.165) is 59.0 Å². The van der Waals surface area contributed by atoms with Crippen LogP contribution in [0.1, 0.15) is 23.1 Å². The summed E-state index contributed by atoms with van der Waals surface area (Å²) in [4.78, 5) is 12.5. The van der Waals surface area contributed by atoms with Gasteiger partial charge in [-0.1, -0.05) is 6.07 Å². The molecule has 0 saturated carbocycles. The quantitative estimate of drug-likeness (QED) is 0.779. The number of fused-ring (bicyclic) bond motifs is 3. The maximum atomic E-state index is 12.5. The Bertz CT molecular complexity index is 985. The van der Waals surface area contributed by atoms with Crippen molar-refractivity contribution in [2.75, 3.05) is 26.6 Å². The molecule has 7 heteroatoms. The molecule has 3 heterocycles. The minimum absolute atomic E-state index is 0.162. The van der Waals surface area contributed by atoms with Gasteiger partial charge in [0.2, 0.25) is 12.7 Å². The van der Waals surface area contributed by atoms with Crippen molar-refractivity contribution in [3.63, 3.8) is 0 Å². The number of hydrogen-bond acceptors (Lipinski definition) is 6. The summed E-state index contributed by atoms with van der Waals surface area (Å²) in [7, 11) is 0. The summed E-state index contributed by atoms with van der Waals surface area (Å²) in [5.74, 6) is 2.80. The fourth-order valence-electron chi connectivity index (χ4n) is 3.69. The molecule has 0 unspecified atom stereocenters. The average Bonchev–Trinajstić information content (AvgIpc) is 3.08. The predicted octanol–water partition coefficient (Wildman–Crippen LogP) is 2.38. The zero-order valence-electron chi connectivity index (χ0n) is 16.0. The van der Waals surface area contributed by atoms with Gasteiger partial charge in [-0.3, -0.25) is 4.79 Å². The summed E-state index contributed by atoms with van der Waals surface area (Å²) in [5.41, 5.74) is 3.89. The molecule has 29 heavy (non-hydrogen) atoms. The van der Waals surface area contributed by atoms with Gasteiger partial charge in [0.25, 0.3) is 0 Å². The predicted molar refractivity (Wildman–Crippen MR) is 106 cm³/mol. The molecule has 0 saturated heterocycles. The molecule has 0 aromatic heterocycles. The molecular formula is C22H22N2O5. The first-order chi connectivity index (χ1) is 14.3. The van der Waals surface area contributed by atoms with Crippen LogP contribution < -0.4 is 29.6 Å². The molecule has 1 amide bonds. The molecule has 3 aliphatic rings. The van der Waals surface area contributed by atoms with Crippen LogP contribution in [0.25, 0.3) is 5.70 Å². The molecule has 0 aliphatic carbocycles. The van der Waals surface area contributed by atoms with Crippen molar-refractivity contribution in [1.29, 1.82) is 0 Å². The Balaban J connectivity index is 1.32. The van der Waals surface area contributed by atoms with E-state index in [-0.39, 0.29) is 12.7 Å². The number of amides is 1. The Morgan fingerprint density at radius 1 is 1.00 bits per heavy atom. The number of rotatable bonds is 3. The van der Waals surface area contributed by atoms with Gasteiger partial charge in [-0.05, 0) is 41.8 Å². The van der Waals surface area contributed by atoms with Crippen LogP contribution in [0.15, 0.2) is 36.4 Å². The number of carbonyl (C=O) groups excluding carboxylic acids is 1. The Morgan fingerprint density at radius 2 is 1.79 bits per heavy atom. The summed E-state index contributed by atoms with van der Waals surface area (Å²) in [6, 6.07) is 9.67. The highest BCUT2D eigenvalue weighted by molar-refractivity contribution is 5.95. The third kappa shape index (κ3) is 3.68. The molecule has 2 N–H and O–H groups in total. The van der Waals surface area contributed by atoms with Crippen molar-refractivity contribution in [3.05, 3.63) is 53.1 Å². The number of carbonyl (C=O) groups is 1. The third-order valence-corrected chi connectivity index (χ3v) is 5.15. The van der Waals surface area contributed by atoms with Gasteiger partial charge in [0.15, 0.2) is 23.0 Å². The van der Waals surface area contributed by atoms with Gasteiger partial charge in [0.1, 0.15) is 0 Å². The zero-order valence-corrected chi connectivity index (χ0v) is 16.0. The largest absolute Gasteiger partial charge is 0.490 e. The van der Waals surface area contributed by atoms with E-state index in [1.54, 1.807) is 6.08 Å². The normalized spacial score (nSPS) is 17.9. The lowest BCUT2D eigenvalue weighted by Gasteiger charge is -2.23. The van der Waals surface area contributed by atoms with Crippen molar-refractivity contribution in [2.24, 2.45) is 0 Å². The molecule has 3 aliphatic heterocycles. The van der Waals surface area contributed by atoms with E-state index in [9.17, 15) is 4.79 Å². The van der Waals surface area contributed by atoms with Crippen LogP contribution in [0.2, 0.25) is 0 Å². The van der Waals surface area contributed by atoms with Crippen molar-refractivity contribution in [1.82, 2.24) is 10.6 Å². The van der Waals surface area contributed by atoms with Gasteiger partial charge >= 0.3 is 0 Å². The highest BCUT2D eigenvalue weighted by atomic mass is 16.7. The number of benzene rings is 2. The number of ether oxygens (including phenoxy) is 4. The number of hydrogen-bond donors (Lipinski definition) is 2. The van der Waals surface area contributed by atoms with Gasteiger partial charge in [0.05, 0.1) is 13.2 Å². The summed E-state index contributed by atoms with van der Waals surface area (Å²) in [6.07, 6.45) is 3.35. The molecular weight excluding hydrogens is 372 g/mol. The molecule has 7 nitrogen and oxygen atoms in total. The van der Waals surface area contributed by atoms with E-state index in [1.807, 2.05) is 30.3 Å². The van der Waals surface area contributed by atoms with E-state index < -0.39 is 0 Å². The molecule has 5 rings (SSSR count). The van der Waals surface area contributed by atoms with Gasteiger partial charge in [0, 0.05) is 36.8 Å². The van der Waals surface area contributed by atoms with Crippen LogP contribution in [0.3, 0.4) is 0 Å². The van der Waals surface area contributed by atoms with Crippen molar-refractivity contribution < 1.29 is 23.7 Å². The molecule has 0 atom stereocenters. The minimum atomic E-state index is -0.162. The standard InChI is InChI=1S/C22H22N2O5/c25-22(24-12-14-2-3-18-19(8-14)29-13-28-18)11-17-16-10-21-20(26-6-1-7-27-21)9-15(16)4-5-23-17/h2-3,8-11,23H,1,4-7,12-13H2,(H,24,25)/b17-11-. The van der Waals surface area contributed by atoms with E-state index in [4.69, 9.17) is 18.9 Å². The topological polar surface area (TPSA) is 78.1 Å². The Kier molecular flexibility index (Phi) is 4.63. The first kappa shape index (κ1) is 17.7. The van der Waals surface area contributed by atoms with Gasteiger partial charge in [-0.2, -0.15) is 0 Å². The summed E-state index contributed by atoms with van der Waals surface area (Å²) < 4.78 is 22.3. The van der Waals surface area contributed by atoms with E-state index in [2.05, 4.69) is 10.6 Å². The van der Waals surface area contributed by atoms with Crippen molar-refractivity contribution >= 4 is 11.6 Å². The average molecular weight is 394 g/mol.